The number of likely N-dealkylation sites (tertiary alicyclic amines) is 1. The van der Waals surface area contributed by atoms with E-state index in [1.54, 1.807) is 13.8 Å². The molecule has 0 aromatic carbocycles. The highest BCUT2D eigenvalue weighted by molar-refractivity contribution is 7.90. The molecule has 0 bridgehead atoms. The fourth-order valence-corrected chi connectivity index (χ4v) is 15.3. The van der Waals surface area contributed by atoms with E-state index in [-0.39, 0.29) is 57.3 Å². The van der Waals surface area contributed by atoms with Crippen LogP contribution in [0.2, 0.25) is 0 Å². The van der Waals surface area contributed by atoms with Crippen molar-refractivity contribution in [3.8, 4) is 0 Å². The molecule has 0 aromatic rings. The molecule has 11 atom stereocenters. The maximum atomic E-state index is 14.3. The molecule has 1 amide bonds. The number of nitrogens with zero attached hydrogens (tertiary/aromatic N) is 1. The summed E-state index contributed by atoms with van der Waals surface area (Å²) < 4.78 is 30.2. The van der Waals surface area contributed by atoms with E-state index in [1.807, 2.05) is 0 Å². The van der Waals surface area contributed by atoms with Crippen molar-refractivity contribution in [1.29, 1.82) is 0 Å². The number of carbonyl (C=O) groups excluding carboxylic acids is 2. The van der Waals surface area contributed by atoms with Crippen LogP contribution >= 0.6 is 0 Å². The van der Waals surface area contributed by atoms with Crippen LogP contribution in [0.5, 0.6) is 0 Å². The lowest BCUT2D eigenvalue weighted by atomic mass is 9.32. The molecule has 1 N–H and O–H groups in total. The van der Waals surface area contributed by atoms with Crippen molar-refractivity contribution in [3.63, 3.8) is 0 Å². The summed E-state index contributed by atoms with van der Waals surface area (Å²) >= 11 is 0. The Balaban J connectivity index is 1.23. The Kier molecular flexibility index (Phi) is 10.5. The smallest absolute Gasteiger partial charge is 0.309 e. The van der Waals surface area contributed by atoms with Gasteiger partial charge in [0.05, 0.1) is 17.6 Å². The lowest BCUT2D eigenvalue weighted by molar-refractivity contribution is -0.250. The van der Waals surface area contributed by atoms with Crippen molar-refractivity contribution in [2.24, 2.45) is 62.1 Å². The highest BCUT2D eigenvalue weighted by Gasteiger charge is 2.71. The number of hydrogen-bond acceptors (Lipinski definition) is 6. The fourth-order valence-electron chi connectivity index (χ4n) is 14.6. The number of rotatable bonds is 10. The lowest BCUT2D eigenvalue weighted by Crippen LogP contribution is -2.67. The number of fused-ring (bicyclic) bond motifs is 7. The summed E-state index contributed by atoms with van der Waals surface area (Å²) in [4.78, 5) is 41.3. The Morgan fingerprint density at radius 3 is 2.23 bits per heavy atom. The van der Waals surface area contributed by atoms with E-state index >= 15 is 0 Å². The maximum Gasteiger partial charge on any atom is 0.309 e. The second-order valence-corrected chi connectivity index (χ2v) is 23.5. The molecule has 1 heterocycles. The zero-order valence-electron chi connectivity index (χ0n) is 34.5. The molecule has 6 aliphatic rings. The molecule has 1 saturated heterocycles. The second-order valence-electron chi connectivity index (χ2n) is 21.2. The molecule has 8 nitrogen and oxygen atoms in total. The van der Waals surface area contributed by atoms with Gasteiger partial charge in [-0.25, -0.2) is 8.42 Å². The molecule has 5 aliphatic carbocycles. The number of ether oxygens (including phenoxy) is 1. The first-order valence-electron chi connectivity index (χ1n) is 21.0. The molecule has 0 unspecified atom stereocenters. The molecule has 300 valence electrons. The van der Waals surface area contributed by atoms with Gasteiger partial charge in [-0.15, -0.1) is 0 Å². The van der Waals surface area contributed by atoms with E-state index < -0.39 is 27.2 Å². The Morgan fingerprint density at radius 2 is 1.58 bits per heavy atom. The van der Waals surface area contributed by atoms with Crippen molar-refractivity contribution in [2.45, 2.75) is 164 Å². The largest absolute Gasteiger partial charge is 0.481 e. The number of esters is 1. The summed E-state index contributed by atoms with van der Waals surface area (Å²) in [5, 5.41) is 9.62. The average molecular weight is 758 g/mol. The van der Waals surface area contributed by atoms with E-state index in [0.29, 0.717) is 42.4 Å². The minimum atomic E-state index is -3.08. The summed E-state index contributed by atoms with van der Waals surface area (Å²) in [5.74, 6) is 1.33. The van der Waals surface area contributed by atoms with Crippen LogP contribution in [0.1, 0.15) is 152 Å². The van der Waals surface area contributed by atoms with Gasteiger partial charge >= 0.3 is 11.9 Å². The molecule has 6 fully saturated rings. The maximum absolute atomic E-state index is 14.3. The molecule has 0 radical (unpaired) electrons. The molecule has 5 saturated carbocycles. The number of hydrogen-bond donors (Lipinski definition) is 1. The Labute approximate surface area is 320 Å². The highest BCUT2D eigenvalue weighted by Crippen LogP contribution is 2.78. The third kappa shape index (κ3) is 6.74. The summed E-state index contributed by atoms with van der Waals surface area (Å²) in [5.41, 5.74) is 0.260. The zero-order chi connectivity index (χ0) is 39.2. The zero-order valence-corrected chi connectivity index (χ0v) is 35.3. The van der Waals surface area contributed by atoms with Crippen molar-refractivity contribution in [2.75, 3.05) is 18.6 Å². The van der Waals surface area contributed by atoms with Crippen LogP contribution in [-0.4, -0.2) is 67.0 Å². The van der Waals surface area contributed by atoms with E-state index in [9.17, 15) is 27.9 Å². The third-order valence-corrected chi connectivity index (χ3v) is 18.6. The molecular weight excluding hydrogens is 687 g/mol. The Hall–Kier alpha value is -1.90. The van der Waals surface area contributed by atoms with E-state index in [0.717, 1.165) is 70.8 Å². The minimum Gasteiger partial charge on any atom is -0.481 e. The predicted octanol–water partition coefficient (Wildman–Crippen LogP) is 8.87. The minimum absolute atomic E-state index is 0.0295. The number of carbonyl (C=O) groups is 3. The van der Waals surface area contributed by atoms with Gasteiger partial charge < -0.3 is 14.7 Å². The van der Waals surface area contributed by atoms with Crippen molar-refractivity contribution < 1.29 is 32.6 Å². The van der Waals surface area contributed by atoms with Crippen LogP contribution < -0.4 is 0 Å². The molecule has 6 rings (SSSR count). The van der Waals surface area contributed by atoms with Gasteiger partial charge in [-0.1, -0.05) is 46.8 Å². The van der Waals surface area contributed by atoms with Gasteiger partial charge in [-0.05, 0) is 155 Å². The van der Waals surface area contributed by atoms with Gasteiger partial charge in [0.1, 0.15) is 15.9 Å². The number of amides is 1. The van der Waals surface area contributed by atoms with E-state index in [1.165, 1.54) is 24.7 Å². The quantitative estimate of drug-likeness (QED) is 0.175. The summed E-state index contributed by atoms with van der Waals surface area (Å²) in [6.07, 6.45) is 14.7. The average Bonchev–Trinajstić information content (AvgIpc) is 3.67. The molecule has 53 heavy (non-hydrogen) atoms. The van der Waals surface area contributed by atoms with Gasteiger partial charge in [0, 0.05) is 30.7 Å². The van der Waals surface area contributed by atoms with E-state index in [4.69, 9.17) is 4.74 Å². The van der Waals surface area contributed by atoms with Gasteiger partial charge in [-0.3, -0.25) is 14.4 Å². The number of sulfone groups is 1. The van der Waals surface area contributed by atoms with Crippen LogP contribution in [-0.2, 0) is 29.0 Å². The third-order valence-electron chi connectivity index (χ3n) is 17.6. The summed E-state index contributed by atoms with van der Waals surface area (Å²) in [6, 6.07) is 0.0315. The number of carboxylic acid groups (broad SMARTS) is 1. The molecule has 0 spiro atoms. The van der Waals surface area contributed by atoms with Gasteiger partial charge in [-0.2, -0.15) is 0 Å². The number of allylic oxidation sites excluding steroid dienone is 1. The normalized spacial score (nSPS) is 42.1. The topological polar surface area (TPSA) is 118 Å². The number of carboxylic acids is 1. The fraction of sp³-hybridized carbons (Fsp3) is 0.886. The van der Waals surface area contributed by atoms with Gasteiger partial charge in [0.2, 0.25) is 5.91 Å². The van der Waals surface area contributed by atoms with E-state index in [2.05, 4.69) is 53.0 Å². The summed E-state index contributed by atoms with van der Waals surface area (Å²) in [7, 11) is -3.08. The monoisotopic (exact) mass is 757 g/mol. The highest BCUT2D eigenvalue weighted by atomic mass is 32.2. The molecular formula is C44H71NO7S. The second kappa shape index (κ2) is 13.6. The number of aliphatic carboxylic acids is 1. The van der Waals surface area contributed by atoms with Crippen LogP contribution in [0.3, 0.4) is 0 Å². The molecule has 9 heteroatoms. The van der Waals surface area contributed by atoms with Crippen molar-refractivity contribution >= 4 is 27.7 Å². The van der Waals surface area contributed by atoms with Gasteiger partial charge in [0.15, 0.2) is 0 Å². The van der Waals surface area contributed by atoms with Crippen LogP contribution in [0, 0.1) is 62.1 Å². The molecule has 0 aromatic heterocycles. The first-order chi connectivity index (χ1) is 24.4. The Bertz CT molecular complexity index is 1600. The summed E-state index contributed by atoms with van der Waals surface area (Å²) in [6.45, 7) is 23.1. The van der Waals surface area contributed by atoms with Crippen LogP contribution in [0.25, 0.3) is 0 Å². The first-order valence-corrected chi connectivity index (χ1v) is 23.0. The van der Waals surface area contributed by atoms with Crippen molar-refractivity contribution in [1.82, 2.24) is 4.90 Å². The predicted molar refractivity (Wildman–Crippen MR) is 209 cm³/mol. The lowest BCUT2D eigenvalue weighted by Gasteiger charge is -2.73. The standard InChI is InChI=1S/C44H71NO7S/c1-28(2)30-15-21-44(26-35(46)45-24-11-12-29(45)18-25-53(10,50)51)23-22-42(8)31(37(30)44)13-14-33-41(7)19-17-34(52-36(47)27-39(3,4)38(48)49)40(5,6)32(41)16-20-43(33,42)9/h29-34,37H,1,11-27H2,2-10H3,(H,48,49)/t29-,30+,31-,32+,33-,34+,37-,41+,42-,43-,44-/m1/s1. The van der Waals surface area contributed by atoms with Crippen LogP contribution in [0.15, 0.2) is 12.2 Å². The van der Waals surface area contributed by atoms with Crippen molar-refractivity contribution in [3.05, 3.63) is 12.2 Å². The van der Waals surface area contributed by atoms with Gasteiger partial charge in [0.25, 0.3) is 0 Å². The SMILES string of the molecule is C=C(C)[C@@H]1CC[C@]2(CC(=O)N3CCC[C@@H]3CCS(C)(=O)=O)CC[C@]3(C)[C@H](CC[C@@H]4[C@@]5(C)CC[C@H](OC(=O)CC(C)(C)C(=O)O)C(C)(C)[C@@H]5CC[C@]43C)[C@@H]12. The molecule has 1 aliphatic heterocycles. The Morgan fingerprint density at radius 1 is 0.887 bits per heavy atom. The first kappa shape index (κ1) is 40.8. The van der Waals surface area contributed by atoms with Crippen LogP contribution in [0.4, 0.5) is 0 Å².